The number of para-hydroxylation sites is 1. The van der Waals surface area contributed by atoms with E-state index in [1.807, 2.05) is 55.6 Å². The number of oxazole rings is 1. The summed E-state index contributed by atoms with van der Waals surface area (Å²) in [5.41, 5.74) is 2.94. The van der Waals surface area contributed by atoms with Gasteiger partial charge in [-0.15, -0.1) is 16.9 Å². The molecule has 2 aromatic heterocycles. The summed E-state index contributed by atoms with van der Waals surface area (Å²) >= 11 is 1.61. The Morgan fingerprint density at radius 3 is 2.68 bits per heavy atom. The Kier molecular flexibility index (Phi) is 6.87. The number of carbonyl (C=O) groups excluding carboxylic acids is 1. The third-order valence-corrected chi connectivity index (χ3v) is 6.08. The number of nitrogens with zero attached hydrogens (tertiary/aromatic N) is 4. The molecule has 0 spiro atoms. The molecule has 1 amide bonds. The van der Waals surface area contributed by atoms with Gasteiger partial charge in [0.05, 0.1) is 32.0 Å². The minimum Gasteiger partial charge on any atom is -0.493 e. The van der Waals surface area contributed by atoms with Crippen molar-refractivity contribution in [3.63, 3.8) is 0 Å². The van der Waals surface area contributed by atoms with Crippen LogP contribution in [0.5, 0.6) is 11.5 Å². The van der Waals surface area contributed by atoms with Gasteiger partial charge in [-0.1, -0.05) is 17.3 Å². The average Bonchev–Trinajstić information content (AvgIpc) is 3.40. The van der Waals surface area contributed by atoms with Crippen molar-refractivity contribution in [2.45, 2.75) is 25.3 Å². The van der Waals surface area contributed by atoms with Crippen LogP contribution >= 0.6 is 11.8 Å². The van der Waals surface area contributed by atoms with E-state index in [0.717, 1.165) is 4.90 Å². The van der Waals surface area contributed by atoms with Crippen molar-refractivity contribution >= 4 is 23.4 Å². The van der Waals surface area contributed by atoms with Gasteiger partial charge in [0.1, 0.15) is 11.5 Å². The average molecular weight is 480 g/mol. The highest BCUT2D eigenvalue weighted by atomic mass is 32.2. The Morgan fingerprint density at radius 1 is 1.15 bits per heavy atom. The Bertz CT molecular complexity index is 1330. The zero-order chi connectivity index (χ0) is 24.2. The molecule has 9 nitrogen and oxygen atoms in total. The van der Waals surface area contributed by atoms with E-state index >= 15 is 0 Å². The van der Waals surface area contributed by atoms with Gasteiger partial charge in [-0.05, 0) is 50.4 Å². The number of aromatic nitrogens is 4. The first-order chi connectivity index (χ1) is 16.4. The molecule has 34 heavy (non-hydrogen) atoms. The first-order valence-corrected chi connectivity index (χ1v) is 11.7. The molecule has 0 aliphatic rings. The summed E-state index contributed by atoms with van der Waals surface area (Å²) in [5, 5.41) is 11.1. The number of hydrogen-bond acceptors (Lipinski definition) is 8. The monoisotopic (exact) mass is 479 g/mol. The predicted octanol–water partition coefficient (Wildman–Crippen LogP) is 4.59. The number of methoxy groups -OCH3 is 2. The maximum absolute atomic E-state index is 12.8. The number of nitrogens with one attached hydrogen (secondary N) is 1. The van der Waals surface area contributed by atoms with Gasteiger partial charge in [-0.2, -0.15) is 0 Å². The van der Waals surface area contributed by atoms with Crippen molar-refractivity contribution in [3.8, 4) is 23.0 Å². The third kappa shape index (κ3) is 4.62. The maximum atomic E-state index is 12.8. The number of aryl methyl sites for hydroxylation is 1. The molecule has 4 aromatic rings. The molecule has 0 bridgehead atoms. The summed E-state index contributed by atoms with van der Waals surface area (Å²) in [5.74, 6) is 1.85. The quantitative estimate of drug-likeness (QED) is 0.366. The van der Waals surface area contributed by atoms with E-state index < -0.39 is 0 Å². The topological polar surface area (TPSA) is 104 Å². The molecule has 0 saturated heterocycles. The van der Waals surface area contributed by atoms with Crippen molar-refractivity contribution in [1.82, 2.24) is 20.0 Å². The molecule has 0 aliphatic carbocycles. The maximum Gasteiger partial charge on any atom is 0.278 e. The van der Waals surface area contributed by atoms with E-state index in [9.17, 15) is 4.79 Å². The molecule has 4 rings (SSSR count). The molecule has 0 aliphatic heterocycles. The molecule has 0 unspecified atom stereocenters. The molecule has 2 heterocycles. The molecule has 0 radical (unpaired) electrons. The smallest absolute Gasteiger partial charge is 0.278 e. The fourth-order valence-corrected chi connectivity index (χ4v) is 3.96. The van der Waals surface area contributed by atoms with Crippen LogP contribution in [0.2, 0.25) is 0 Å². The minimum absolute atomic E-state index is 0.255. The van der Waals surface area contributed by atoms with E-state index in [0.29, 0.717) is 52.3 Å². The Hall–Kier alpha value is -3.79. The van der Waals surface area contributed by atoms with Crippen molar-refractivity contribution < 1.29 is 18.7 Å². The van der Waals surface area contributed by atoms with Crippen molar-refractivity contribution in [3.05, 3.63) is 65.3 Å². The highest BCUT2D eigenvalue weighted by Gasteiger charge is 2.21. The fraction of sp³-hybridized carbons (Fsp3) is 0.250. The lowest BCUT2D eigenvalue weighted by atomic mass is 10.2. The van der Waals surface area contributed by atoms with Gasteiger partial charge in [0.15, 0.2) is 17.2 Å². The second kappa shape index (κ2) is 10.0. The number of amides is 1. The molecule has 0 atom stereocenters. The zero-order valence-corrected chi connectivity index (χ0v) is 20.4. The number of rotatable bonds is 8. The summed E-state index contributed by atoms with van der Waals surface area (Å²) in [6.45, 7) is 3.93. The number of anilines is 1. The van der Waals surface area contributed by atoms with Gasteiger partial charge in [0.25, 0.3) is 5.91 Å². The minimum atomic E-state index is -0.319. The molecular formula is C24H25N5O4S. The molecular weight excluding hydrogens is 454 g/mol. The summed E-state index contributed by atoms with van der Waals surface area (Å²) in [4.78, 5) is 18.5. The number of ether oxygens (including phenoxy) is 2. The lowest BCUT2D eigenvalue weighted by Gasteiger charge is -2.09. The van der Waals surface area contributed by atoms with E-state index in [1.54, 1.807) is 37.6 Å². The van der Waals surface area contributed by atoms with Crippen LogP contribution in [0.1, 0.15) is 27.6 Å². The van der Waals surface area contributed by atoms with Crippen LogP contribution in [0.4, 0.5) is 5.69 Å². The first kappa shape index (κ1) is 23.4. The van der Waals surface area contributed by atoms with E-state index in [1.165, 1.54) is 0 Å². The number of hydrogen-bond donors (Lipinski definition) is 1. The van der Waals surface area contributed by atoms with Crippen LogP contribution < -0.4 is 14.8 Å². The zero-order valence-electron chi connectivity index (χ0n) is 19.6. The fourth-order valence-electron chi connectivity index (χ4n) is 3.50. The highest BCUT2D eigenvalue weighted by Crippen LogP contribution is 2.38. The Labute approximate surface area is 201 Å². The van der Waals surface area contributed by atoms with Crippen LogP contribution in [-0.4, -0.2) is 46.4 Å². The molecule has 1 N–H and O–H groups in total. The highest BCUT2D eigenvalue weighted by molar-refractivity contribution is 7.98. The van der Waals surface area contributed by atoms with E-state index in [4.69, 9.17) is 13.9 Å². The number of benzene rings is 2. The Balaban J connectivity index is 1.56. The van der Waals surface area contributed by atoms with E-state index in [-0.39, 0.29) is 11.6 Å². The van der Waals surface area contributed by atoms with Gasteiger partial charge in [0, 0.05) is 10.6 Å². The third-order valence-electron chi connectivity index (χ3n) is 5.35. The SMILES string of the molecule is COc1cccc(-c2nc(Cn3nnc(C(=O)Nc4cccc(SC)c4)c3C)c(C)o2)c1OC. The van der Waals surface area contributed by atoms with Gasteiger partial charge in [-0.3, -0.25) is 4.79 Å². The molecule has 0 saturated carbocycles. The summed E-state index contributed by atoms with van der Waals surface area (Å²) < 4.78 is 18.4. The largest absolute Gasteiger partial charge is 0.493 e. The second-order valence-corrected chi connectivity index (χ2v) is 8.31. The first-order valence-electron chi connectivity index (χ1n) is 10.5. The van der Waals surface area contributed by atoms with Crippen LogP contribution in [0.15, 0.2) is 51.8 Å². The summed E-state index contributed by atoms with van der Waals surface area (Å²) in [7, 11) is 3.15. The van der Waals surface area contributed by atoms with Gasteiger partial charge < -0.3 is 19.2 Å². The molecule has 0 fully saturated rings. The second-order valence-electron chi connectivity index (χ2n) is 7.43. The number of thioether (sulfide) groups is 1. The predicted molar refractivity (Wildman–Crippen MR) is 130 cm³/mol. The number of carbonyl (C=O) groups is 1. The van der Waals surface area contributed by atoms with Crippen LogP contribution in [0, 0.1) is 13.8 Å². The van der Waals surface area contributed by atoms with Gasteiger partial charge in [-0.25, -0.2) is 9.67 Å². The summed E-state index contributed by atoms with van der Waals surface area (Å²) in [6, 6.07) is 13.1. The van der Waals surface area contributed by atoms with Gasteiger partial charge >= 0.3 is 0 Å². The molecule has 176 valence electrons. The van der Waals surface area contributed by atoms with Gasteiger partial charge in [0.2, 0.25) is 5.89 Å². The van der Waals surface area contributed by atoms with Crippen LogP contribution in [0.25, 0.3) is 11.5 Å². The summed E-state index contributed by atoms with van der Waals surface area (Å²) in [6.07, 6.45) is 1.98. The molecule has 10 heteroatoms. The van der Waals surface area contributed by atoms with Crippen molar-refractivity contribution in [1.29, 1.82) is 0 Å². The molecule has 2 aromatic carbocycles. The Morgan fingerprint density at radius 2 is 1.94 bits per heavy atom. The van der Waals surface area contributed by atoms with Crippen LogP contribution in [-0.2, 0) is 6.54 Å². The standard InChI is InChI=1S/C24H25N5O4S/c1-14-21(23(30)25-16-8-6-9-17(12-16)34-5)27-28-29(14)13-19-15(2)33-24(26-19)18-10-7-11-20(31-3)22(18)32-4/h6-12H,13H2,1-5H3,(H,25,30). The van der Waals surface area contributed by atoms with E-state index in [2.05, 4.69) is 20.6 Å². The normalized spacial score (nSPS) is 10.9. The van der Waals surface area contributed by atoms with Crippen molar-refractivity contribution in [2.24, 2.45) is 0 Å². The lowest BCUT2D eigenvalue weighted by Crippen LogP contribution is -2.14. The van der Waals surface area contributed by atoms with Crippen LogP contribution in [0.3, 0.4) is 0 Å². The van der Waals surface area contributed by atoms with Crippen molar-refractivity contribution in [2.75, 3.05) is 25.8 Å². The lowest BCUT2D eigenvalue weighted by molar-refractivity contribution is 0.102.